The second-order valence-electron chi connectivity index (χ2n) is 5.75. The van der Waals surface area contributed by atoms with Gasteiger partial charge in [0.1, 0.15) is 6.33 Å². The van der Waals surface area contributed by atoms with Crippen LogP contribution >= 0.6 is 0 Å². The molecule has 0 saturated carbocycles. The van der Waals surface area contributed by atoms with Gasteiger partial charge in [-0.05, 0) is 44.0 Å². The lowest BCUT2D eigenvalue weighted by Gasteiger charge is -2.15. The summed E-state index contributed by atoms with van der Waals surface area (Å²) in [6.07, 6.45) is 3.01. The lowest BCUT2D eigenvalue weighted by Crippen LogP contribution is -2.22. The summed E-state index contributed by atoms with van der Waals surface area (Å²) in [5.74, 6) is 0.487. The van der Waals surface area contributed by atoms with Gasteiger partial charge in [-0.15, -0.1) is 0 Å². The van der Waals surface area contributed by atoms with Crippen LogP contribution in [-0.4, -0.2) is 24.1 Å². The molecule has 0 unspecified atom stereocenters. The van der Waals surface area contributed by atoms with Crippen molar-refractivity contribution in [3.63, 3.8) is 0 Å². The minimum absolute atomic E-state index is 0.0985. The molecule has 0 spiro atoms. The highest BCUT2D eigenvalue weighted by molar-refractivity contribution is 5.79. The van der Waals surface area contributed by atoms with E-state index in [0.29, 0.717) is 11.2 Å². The summed E-state index contributed by atoms with van der Waals surface area (Å²) in [5.41, 5.74) is 4.53. The fraction of sp³-hybridized carbons (Fsp3) is 0.176. The number of hydrogen-bond acceptors (Lipinski definition) is 4. The Morgan fingerprint density at radius 3 is 2.70 bits per heavy atom. The van der Waals surface area contributed by atoms with Crippen LogP contribution in [0.3, 0.4) is 0 Å². The van der Waals surface area contributed by atoms with Gasteiger partial charge in [-0.1, -0.05) is 12.1 Å². The Hall–Kier alpha value is -3.02. The average molecular weight is 305 g/mol. The largest absolute Gasteiger partial charge is 0.281 e. The van der Waals surface area contributed by atoms with Gasteiger partial charge in [0.05, 0.1) is 16.6 Å². The number of pyridine rings is 1. The molecule has 6 nitrogen and oxygen atoms in total. The SMILES string of the molecule is Cc1ccc(C)c(-n2c(C)cc3c(cnc4ncnn43)c2=O)c1. The van der Waals surface area contributed by atoms with E-state index in [1.165, 1.54) is 6.33 Å². The van der Waals surface area contributed by atoms with Crippen LogP contribution in [0.1, 0.15) is 16.8 Å². The fourth-order valence-electron chi connectivity index (χ4n) is 2.90. The van der Waals surface area contributed by atoms with Gasteiger partial charge in [0.2, 0.25) is 0 Å². The quantitative estimate of drug-likeness (QED) is 0.541. The maximum Gasteiger partial charge on any atom is 0.266 e. The second-order valence-corrected chi connectivity index (χ2v) is 5.75. The van der Waals surface area contributed by atoms with E-state index in [1.54, 1.807) is 15.3 Å². The highest BCUT2D eigenvalue weighted by atomic mass is 16.1. The Morgan fingerprint density at radius 2 is 1.87 bits per heavy atom. The molecule has 0 aliphatic heterocycles. The molecule has 3 heterocycles. The molecular formula is C17H15N5O. The lowest BCUT2D eigenvalue weighted by atomic mass is 10.1. The summed E-state index contributed by atoms with van der Waals surface area (Å²) in [6, 6.07) is 8.04. The van der Waals surface area contributed by atoms with Crippen molar-refractivity contribution in [3.05, 3.63) is 64.0 Å². The van der Waals surface area contributed by atoms with Crippen molar-refractivity contribution in [2.75, 3.05) is 0 Å². The van der Waals surface area contributed by atoms with Crippen LogP contribution in [0.4, 0.5) is 0 Å². The van der Waals surface area contributed by atoms with Crippen molar-refractivity contribution in [2.45, 2.75) is 20.8 Å². The van der Waals surface area contributed by atoms with Gasteiger partial charge in [-0.2, -0.15) is 14.6 Å². The molecule has 4 aromatic rings. The van der Waals surface area contributed by atoms with Crippen LogP contribution in [0, 0.1) is 20.8 Å². The standard InChI is InChI=1S/C17H15N5O/c1-10-4-5-11(2)14(6-10)21-12(3)7-15-13(16(21)23)8-18-17-19-9-20-22(15)17/h4-9H,1-3H3. The van der Waals surface area contributed by atoms with Crippen molar-refractivity contribution in [2.24, 2.45) is 0 Å². The number of benzene rings is 1. The number of hydrogen-bond donors (Lipinski definition) is 0. The van der Waals surface area contributed by atoms with Gasteiger partial charge in [0.15, 0.2) is 0 Å². The molecule has 0 N–H and O–H groups in total. The zero-order valence-corrected chi connectivity index (χ0v) is 13.1. The van der Waals surface area contributed by atoms with E-state index in [4.69, 9.17) is 0 Å². The van der Waals surface area contributed by atoms with Crippen molar-refractivity contribution in [1.82, 2.24) is 24.1 Å². The smallest absolute Gasteiger partial charge is 0.266 e. The van der Waals surface area contributed by atoms with Crippen LogP contribution in [0.5, 0.6) is 0 Å². The van der Waals surface area contributed by atoms with E-state index in [-0.39, 0.29) is 5.56 Å². The number of rotatable bonds is 1. The number of aryl methyl sites for hydroxylation is 3. The van der Waals surface area contributed by atoms with Crippen LogP contribution in [0.25, 0.3) is 22.4 Å². The Labute approximate surface area is 132 Å². The van der Waals surface area contributed by atoms with Crippen molar-refractivity contribution >= 4 is 16.7 Å². The van der Waals surface area contributed by atoms with Crippen molar-refractivity contribution < 1.29 is 0 Å². The number of nitrogens with zero attached hydrogens (tertiary/aromatic N) is 5. The van der Waals surface area contributed by atoms with E-state index in [2.05, 4.69) is 15.1 Å². The van der Waals surface area contributed by atoms with E-state index in [9.17, 15) is 4.79 Å². The Morgan fingerprint density at radius 1 is 1.04 bits per heavy atom. The number of fused-ring (bicyclic) bond motifs is 3. The minimum Gasteiger partial charge on any atom is -0.281 e. The molecule has 0 aliphatic rings. The molecule has 4 rings (SSSR count). The predicted molar refractivity (Wildman–Crippen MR) is 88.1 cm³/mol. The normalized spacial score (nSPS) is 11.4. The first kappa shape index (κ1) is 13.6. The summed E-state index contributed by atoms with van der Waals surface area (Å²) in [5, 5.41) is 4.68. The molecule has 114 valence electrons. The monoisotopic (exact) mass is 305 g/mol. The lowest BCUT2D eigenvalue weighted by molar-refractivity contribution is 0.918. The molecule has 0 amide bonds. The maximum absolute atomic E-state index is 13.0. The maximum atomic E-state index is 13.0. The predicted octanol–water partition coefficient (Wildman–Crippen LogP) is 2.35. The Bertz CT molecular complexity index is 1120. The van der Waals surface area contributed by atoms with E-state index in [0.717, 1.165) is 28.0 Å². The number of aromatic nitrogens is 5. The average Bonchev–Trinajstić information content (AvgIpc) is 2.99. The summed E-state index contributed by atoms with van der Waals surface area (Å²) in [6.45, 7) is 5.94. The highest BCUT2D eigenvalue weighted by Gasteiger charge is 2.13. The van der Waals surface area contributed by atoms with Gasteiger partial charge >= 0.3 is 0 Å². The molecule has 0 aliphatic carbocycles. The molecule has 6 heteroatoms. The van der Waals surface area contributed by atoms with Gasteiger partial charge < -0.3 is 0 Å². The zero-order valence-electron chi connectivity index (χ0n) is 13.1. The van der Waals surface area contributed by atoms with Gasteiger partial charge in [-0.25, -0.2) is 4.98 Å². The molecule has 0 saturated heterocycles. The molecule has 0 bridgehead atoms. The molecule has 23 heavy (non-hydrogen) atoms. The third-order valence-corrected chi connectivity index (χ3v) is 4.08. The first-order valence-electron chi connectivity index (χ1n) is 7.35. The fourth-order valence-corrected chi connectivity index (χ4v) is 2.90. The third-order valence-electron chi connectivity index (χ3n) is 4.08. The Kier molecular flexibility index (Phi) is 2.81. The zero-order chi connectivity index (χ0) is 16.1. The summed E-state index contributed by atoms with van der Waals surface area (Å²) in [7, 11) is 0. The Balaban J connectivity index is 2.15. The topological polar surface area (TPSA) is 65.1 Å². The van der Waals surface area contributed by atoms with E-state index < -0.39 is 0 Å². The van der Waals surface area contributed by atoms with Crippen LogP contribution < -0.4 is 5.56 Å². The third kappa shape index (κ3) is 1.95. The molecule has 3 aromatic heterocycles. The van der Waals surface area contributed by atoms with Crippen molar-refractivity contribution in [3.8, 4) is 5.69 Å². The van der Waals surface area contributed by atoms with Gasteiger partial charge in [0.25, 0.3) is 11.3 Å². The highest BCUT2D eigenvalue weighted by Crippen LogP contribution is 2.19. The summed E-state index contributed by atoms with van der Waals surface area (Å²) >= 11 is 0. The van der Waals surface area contributed by atoms with Crippen molar-refractivity contribution in [1.29, 1.82) is 0 Å². The van der Waals surface area contributed by atoms with Gasteiger partial charge in [-0.3, -0.25) is 9.36 Å². The first-order chi connectivity index (χ1) is 11.1. The molecule has 0 radical (unpaired) electrons. The summed E-state index contributed by atoms with van der Waals surface area (Å²) < 4.78 is 3.33. The van der Waals surface area contributed by atoms with Crippen LogP contribution in [-0.2, 0) is 0 Å². The molecule has 1 aromatic carbocycles. The second kappa shape index (κ2) is 4.74. The van der Waals surface area contributed by atoms with Crippen LogP contribution in [0.15, 0.2) is 41.6 Å². The summed E-state index contributed by atoms with van der Waals surface area (Å²) in [4.78, 5) is 21.3. The molecule has 0 atom stereocenters. The van der Waals surface area contributed by atoms with E-state index in [1.807, 2.05) is 45.0 Å². The van der Waals surface area contributed by atoms with E-state index >= 15 is 0 Å². The molecular weight excluding hydrogens is 290 g/mol. The first-order valence-corrected chi connectivity index (χ1v) is 7.35. The van der Waals surface area contributed by atoms with Crippen LogP contribution in [0.2, 0.25) is 0 Å². The molecule has 0 fully saturated rings. The van der Waals surface area contributed by atoms with Gasteiger partial charge in [0, 0.05) is 11.9 Å². The minimum atomic E-state index is -0.0985.